The van der Waals surface area contributed by atoms with E-state index < -0.39 is 26.0 Å². The number of imidazole rings is 1. The monoisotopic (exact) mass is 1210 g/mol. The molecule has 0 bridgehead atoms. The first-order valence-electron chi connectivity index (χ1n) is 27.2. The Bertz CT molecular complexity index is 4250. The van der Waals surface area contributed by atoms with Crippen molar-refractivity contribution >= 4 is 83.2 Å². The first kappa shape index (κ1) is 45.8. The maximum atomic E-state index is 8.49. The zero-order valence-electron chi connectivity index (χ0n) is 47.6. The number of fused-ring (bicyclic) bond motifs is 9. The summed E-state index contributed by atoms with van der Waals surface area (Å²) < 4.78 is 41.2. The van der Waals surface area contributed by atoms with Crippen LogP contribution >= 0.6 is 0 Å². The summed E-state index contributed by atoms with van der Waals surface area (Å²) in [6, 6.07) is 58.3. The Morgan fingerprint density at radius 2 is 1.42 bits per heavy atom. The van der Waals surface area contributed by atoms with Crippen LogP contribution in [-0.2, 0) is 25.5 Å². The van der Waals surface area contributed by atoms with Gasteiger partial charge in [0.1, 0.15) is 0 Å². The number of hydrogen-bond acceptors (Lipinski definition) is 5. The van der Waals surface area contributed by atoms with E-state index in [1.807, 2.05) is 45.2 Å². The molecule has 0 aliphatic heterocycles. The minimum atomic E-state index is -2.14. The van der Waals surface area contributed by atoms with Crippen molar-refractivity contribution in [1.82, 2.24) is 24.5 Å². The average Bonchev–Trinajstić information content (AvgIpc) is 4.18. The number of nitrogens with zero attached hydrogens (tertiary/aromatic N) is 5. The molecule has 0 N–H and O–H groups in total. The molecular formula is C66H61GeIrN5O-2. The van der Waals surface area contributed by atoms with Crippen LogP contribution in [0.2, 0.25) is 17.3 Å². The molecule has 6 nitrogen and oxygen atoms in total. The summed E-state index contributed by atoms with van der Waals surface area (Å²) >= 11 is -2.14. The fraction of sp³-hybridized carbons (Fsp3) is 0.212. The van der Waals surface area contributed by atoms with E-state index in [0.29, 0.717) is 11.3 Å². The molecule has 0 atom stereocenters. The topological polar surface area (TPSA) is 69.6 Å². The summed E-state index contributed by atoms with van der Waals surface area (Å²) in [7, 11) is 0. The van der Waals surface area contributed by atoms with Crippen molar-refractivity contribution in [3.63, 3.8) is 0 Å². The maximum Gasteiger partial charge on any atom is 0 e. The van der Waals surface area contributed by atoms with Crippen LogP contribution in [0.15, 0.2) is 162 Å². The molecule has 0 fully saturated rings. The molecule has 0 amide bonds. The molecule has 0 aliphatic carbocycles. The van der Waals surface area contributed by atoms with Gasteiger partial charge in [-0.3, -0.25) is 9.97 Å². The van der Waals surface area contributed by atoms with Crippen molar-refractivity contribution in [2.24, 2.45) is 0 Å². The van der Waals surface area contributed by atoms with Crippen molar-refractivity contribution in [2.75, 3.05) is 0 Å². The third kappa shape index (κ3) is 8.97. The molecule has 1 radical (unpaired) electrons. The quantitative estimate of drug-likeness (QED) is 0.0861. The predicted molar refractivity (Wildman–Crippen MR) is 308 cm³/mol. The van der Waals surface area contributed by atoms with Gasteiger partial charge < -0.3 is 8.98 Å². The van der Waals surface area contributed by atoms with E-state index in [-0.39, 0.29) is 37.0 Å². The zero-order valence-corrected chi connectivity index (χ0v) is 48.1. The second kappa shape index (κ2) is 19.8. The van der Waals surface area contributed by atoms with E-state index in [1.54, 1.807) is 12.1 Å². The van der Waals surface area contributed by atoms with Crippen LogP contribution in [0, 0.1) is 25.9 Å². The van der Waals surface area contributed by atoms with Crippen molar-refractivity contribution in [2.45, 2.75) is 89.8 Å². The van der Waals surface area contributed by atoms with Crippen LogP contribution in [0.1, 0.15) is 92.5 Å². The fourth-order valence-electron chi connectivity index (χ4n) is 10.5. The first-order valence-corrected chi connectivity index (χ1v) is 32.5. The summed E-state index contributed by atoms with van der Waals surface area (Å²) in [5.74, 6) is 7.14. The van der Waals surface area contributed by atoms with Gasteiger partial charge in [0.05, 0.1) is 39.3 Å². The van der Waals surface area contributed by atoms with Gasteiger partial charge in [0.25, 0.3) is 0 Å². The zero-order chi connectivity index (χ0) is 54.3. The average molecular weight is 1210 g/mol. The third-order valence-electron chi connectivity index (χ3n) is 14.4. The van der Waals surface area contributed by atoms with Gasteiger partial charge in [0, 0.05) is 47.4 Å². The smallest absolute Gasteiger partial charge is 0 e. The van der Waals surface area contributed by atoms with Gasteiger partial charge >= 0.3 is 131 Å². The number of furan rings is 1. The van der Waals surface area contributed by atoms with E-state index in [4.69, 9.17) is 24.9 Å². The second-order valence-corrected chi connectivity index (χ2v) is 31.9. The Morgan fingerprint density at radius 3 is 2.11 bits per heavy atom. The van der Waals surface area contributed by atoms with Crippen LogP contribution in [0.4, 0.5) is 0 Å². The Balaban J connectivity index is 0.000000233. The largest absolute Gasteiger partial charge is 0 e. The number of aromatic nitrogens is 5. The molecule has 0 saturated heterocycles. The molecule has 74 heavy (non-hydrogen) atoms. The summed E-state index contributed by atoms with van der Waals surface area (Å²) in [6.07, 6.45) is 1.91. The van der Waals surface area contributed by atoms with Gasteiger partial charge in [0.15, 0.2) is 0 Å². The Hall–Kier alpha value is -6.77. The van der Waals surface area contributed by atoms with E-state index >= 15 is 0 Å². The van der Waals surface area contributed by atoms with E-state index in [9.17, 15) is 0 Å². The Morgan fingerprint density at radius 1 is 0.716 bits per heavy atom. The van der Waals surface area contributed by atoms with Gasteiger partial charge in [-0.25, -0.2) is 4.98 Å². The summed E-state index contributed by atoms with van der Waals surface area (Å²) in [5, 5.41) is 7.84. The van der Waals surface area contributed by atoms with Gasteiger partial charge in [-0.2, -0.15) is 0 Å². The molecule has 0 aliphatic rings. The van der Waals surface area contributed by atoms with E-state index in [0.717, 1.165) is 83.4 Å². The predicted octanol–water partition coefficient (Wildman–Crippen LogP) is 16.9. The Labute approximate surface area is 456 Å². The summed E-state index contributed by atoms with van der Waals surface area (Å²) in [4.78, 5) is 20.4. The second-order valence-electron chi connectivity index (χ2n) is 21.3. The fourth-order valence-corrected chi connectivity index (χ4v) is 13.9. The van der Waals surface area contributed by atoms with Gasteiger partial charge in [-0.15, -0.1) is 18.2 Å². The number of pyridine rings is 3. The van der Waals surface area contributed by atoms with Crippen LogP contribution < -0.4 is 4.40 Å². The summed E-state index contributed by atoms with van der Waals surface area (Å²) in [5.41, 5.74) is 12.8. The van der Waals surface area contributed by atoms with Crippen LogP contribution in [0.25, 0.3) is 93.9 Å². The molecule has 0 spiro atoms. The normalized spacial score (nSPS) is 13.2. The Kier molecular flexibility index (Phi) is 12.3. The van der Waals surface area contributed by atoms with Gasteiger partial charge in [-0.1, -0.05) is 130 Å². The molecule has 0 unspecified atom stereocenters. The van der Waals surface area contributed by atoms with Crippen molar-refractivity contribution < 1.29 is 30.0 Å². The van der Waals surface area contributed by atoms with Crippen molar-refractivity contribution in [1.29, 1.82) is 0 Å². The van der Waals surface area contributed by atoms with Crippen molar-refractivity contribution in [3.8, 4) is 28.3 Å². The van der Waals surface area contributed by atoms with Crippen LogP contribution in [0.3, 0.4) is 0 Å². The minimum absolute atomic E-state index is 0. The molecule has 12 rings (SSSR count). The minimum Gasteiger partial charge on any atom is 0 e. The SMILES string of the molecule is Cc1ccc2ccc3nc(-c4[c-]ccc5c4oc4nc(C(C)(C)c6ccccc6)ccc45)n(-c4c(C(C)C)c5ccccc5c5ccccc45)c3c2n1.[2H]C([2H])([2H])c1c[c-]c(-c2cc(C([2H])(C)C)[c]([Ge]([CH3])([CH3])[CH3])cn2)cc1.[Ir]. The number of benzene rings is 7. The maximum absolute atomic E-state index is 8.49. The molecule has 7 aromatic carbocycles. The molecule has 5 heterocycles. The number of rotatable bonds is 8. The van der Waals surface area contributed by atoms with Crippen LogP contribution in [0.5, 0.6) is 0 Å². The molecule has 371 valence electrons. The van der Waals surface area contributed by atoms with Gasteiger partial charge in [0.2, 0.25) is 5.71 Å². The number of aryl methyl sites for hydroxylation is 2. The first-order chi connectivity index (χ1) is 36.6. The third-order valence-corrected chi connectivity index (χ3v) is 18.6. The van der Waals surface area contributed by atoms with E-state index in [2.05, 4.69) is 182 Å². The summed E-state index contributed by atoms with van der Waals surface area (Å²) in [6.45, 7) is 12.7. The standard InChI is InChI=1S/C48H37N4O.C18H24GeN.Ir/c1-28(2)41-34-18-11-9-16-32(34)33-17-10-12-19-35(33)43(41)52-44-39(26-24-30-23-22-29(3)49-42(30)44)50-46(52)38-21-13-20-36-37-25-27-40(51-47(37)53-45(36)38)48(4,5)31-14-7-6-8-15-31;1-13(2)16-11-18(15-9-7-14(3)8-10-15)20-12-17(16)19(4,5)6;/h6-20,22-28H,1-5H3;7-9,11-13H,1-6H3;/q2*-1;/i;3D3,13D;. The molecule has 8 heteroatoms. The molecule has 5 aromatic heterocycles. The molecule has 12 aromatic rings. The van der Waals surface area contributed by atoms with Gasteiger partial charge in [-0.05, 0) is 64.4 Å². The molecular weight excluding hydrogens is 1140 g/mol. The molecule has 0 saturated carbocycles. The number of hydrogen-bond donors (Lipinski definition) is 0. The van der Waals surface area contributed by atoms with Crippen LogP contribution in [-0.4, -0.2) is 37.8 Å². The van der Waals surface area contributed by atoms with E-state index in [1.165, 1.54) is 37.7 Å². The van der Waals surface area contributed by atoms with Crippen molar-refractivity contribution in [3.05, 3.63) is 204 Å².